The lowest BCUT2D eigenvalue weighted by atomic mass is 9.97. The fourth-order valence-corrected chi connectivity index (χ4v) is 2.24. The van der Waals surface area contributed by atoms with Gasteiger partial charge in [0.1, 0.15) is 11.5 Å². The van der Waals surface area contributed by atoms with Crippen molar-refractivity contribution in [3.05, 3.63) is 59.7 Å². The van der Waals surface area contributed by atoms with Crippen LogP contribution in [0.15, 0.2) is 48.5 Å². The van der Waals surface area contributed by atoms with Crippen molar-refractivity contribution < 1.29 is 4.74 Å². The first-order valence-corrected chi connectivity index (χ1v) is 7.50. The van der Waals surface area contributed by atoms with Gasteiger partial charge in [-0.25, -0.2) is 0 Å². The molecule has 1 heteroatoms. The van der Waals surface area contributed by atoms with Gasteiger partial charge in [0.05, 0.1) is 0 Å². The molecule has 0 saturated carbocycles. The van der Waals surface area contributed by atoms with Crippen molar-refractivity contribution >= 4 is 0 Å². The molecule has 1 atom stereocenters. The van der Waals surface area contributed by atoms with Gasteiger partial charge in [0.15, 0.2) is 0 Å². The molecule has 21 heavy (non-hydrogen) atoms. The Morgan fingerprint density at radius 2 is 1.81 bits per heavy atom. The third-order valence-corrected chi connectivity index (χ3v) is 3.34. The minimum atomic E-state index is 0.393. The van der Waals surface area contributed by atoms with Crippen LogP contribution in [0.3, 0.4) is 0 Å². The van der Waals surface area contributed by atoms with Gasteiger partial charge in [-0.2, -0.15) is 0 Å². The zero-order chi connectivity index (χ0) is 15.1. The van der Waals surface area contributed by atoms with E-state index in [2.05, 4.69) is 44.7 Å². The first kappa shape index (κ1) is 15.2. The van der Waals surface area contributed by atoms with Crippen molar-refractivity contribution in [3.8, 4) is 23.3 Å². The van der Waals surface area contributed by atoms with Crippen LogP contribution in [0, 0.1) is 24.7 Å². The zero-order valence-corrected chi connectivity index (χ0v) is 13.0. The standard InChI is InChI=1S/C20H22O/c1-4-5-9-16(2)14-18-12-13-20(15-17(18)3)21-19-10-7-6-8-11-19/h6-8,10-13,15-16H,4,14H2,1-3H3. The second kappa shape index (κ2) is 7.55. The van der Waals surface area contributed by atoms with Gasteiger partial charge in [-0.1, -0.05) is 44.0 Å². The molecule has 2 rings (SSSR count). The number of hydrogen-bond acceptors (Lipinski definition) is 1. The lowest BCUT2D eigenvalue weighted by Gasteiger charge is -2.11. The molecular weight excluding hydrogens is 256 g/mol. The highest BCUT2D eigenvalue weighted by atomic mass is 16.5. The van der Waals surface area contributed by atoms with E-state index in [1.54, 1.807) is 0 Å². The van der Waals surface area contributed by atoms with Gasteiger partial charge in [0.25, 0.3) is 0 Å². The Hall–Kier alpha value is -2.20. The summed E-state index contributed by atoms with van der Waals surface area (Å²) < 4.78 is 5.86. The highest BCUT2D eigenvalue weighted by Crippen LogP contribution is 2.24. The monoisotopic (exact) mass is 278 g/mol. The van der Waals surface area contributed by atoms with Crippen LogP contribution in [0.2, 0.25) is 0 Å². The maximum Gasteiger partial charge on any atom is 0.127 e. The molecule has 0 heterocycles. The largest absolute Gasteiger partial charge is 0.457 e. The molecule has 2 aromatic rings. The smallest absolute Gasteiger partial charge is 0.127 e. The quantitative estimate of drug-likeness (QED) is 0.682. The van der Waals surface area contributed by atoms with E-state index in [9.17, 15) is 0 Å². The Labute approximate surface area is 128 Å². The van der Waals surface area contributed by atoms with Crippen LogP contribution in [0.1, 0.15) is 31.4 Å². The first-order valence-electron chi connectivity index (χ1n) is 7.50. The Morgan fingerprint density at radius 3 is 2.48 bits per heavy atom. The summed E-state index contributed by atoms with van der Waals surface area (Å²) in [6.45, 7) is 6.39. The number of aryl methyl sites for hydroxylation is 1. The Kier molecular flexibility index (Phi) is 5.46. The van der Waals surface area contributed by atoms with Crippen LogP contribution in [-0.2, 0) is 6.42 Å². The number of ether oxygens (including phenoxy) is 1. The topological polar surface area (TPSA) is 9.23 Å². The molecule has 2 aromatic carbocycles. The Morgan fingerprint density at radius 1 is 1.05 bits per heavy atom. The van der Waals surface area contributed by atoms with Crippen molar-refractivity contribution in [2.45, 2.75) is 33.6 Å². The summed E-state index contributed by atoms with van der Waals surface area (Å²) >= 11 is 0. The molecule has 0 aromatic heterocycles. The van der Waals surface area contributed by atoms with Gasteiger partial charge >= 0.3 is 0 Å². The maximum atomic E-state index is 5.86. The van der Waals surface area contributed by atoms with Crippen LogP contribution in [0.25, 0.3) is 0 Å². The molecule has 0 saturated heterocycles. The van der Waals surface area contributed by atoms with Gasteiger partial charge in [0, 0.05) is 12.3 Å². The van der Waals surface area contributed by atoms with E-state index in [1.165, 1.54) is 11.1 Å². The van der Waals surface area contributed by atoms with Crippen molar-refractivity contribution in [1.82, 2.24) is 0 Å². The summed E-state index contributed by atoms with van der Waals surface area (Å²) in [4.78, 5) is 0. The molecule has 0 aliphatic carbocycles. The predicted molar refractivity (Wildman–Crippen MR) is 88.6 cm³/mol. The summed E-state index contributed by atoms with van der Waals surface area (Å²) in [6.07, 6.45) is 1.91. The van der Waals surface area contributed by atoms with Gasteiger partial charge in [-0.3, -0.25) is 0 Å². The molecule has 0 bridgehead atoms. The van der Waals surface area contributed by atoms with E-state index >= 15 is 0 Å². The summed E-state index contributed by atoms with van der Waals surface area (Å²) in [6, 6.07) is 16.2. The zero-order valence-electron chi connectivity index (χ0n) is 13.0. The SMILES string of the molecule is CCC#CC(C)Cc1ccc(Oc2ccccc2)cc1C. The second-order valence-corrected chi connectivity index (χ2v) is 5.28. The number of rotatable bonds is 4. The molecule has 0 fully saturated rings. The lowest BCUT2D eigenvalue weighted by Crippen LogP contribution is -1.99. The van der Waals surface area contributed by atoms with Gasteiger partial charge < -0.3 is 4.74 Å². The third-order valence-electron chi connectivity index (χ3n) is 3.34. The summed E-state index contributed by atoms with van der Waals surface area (Å²) in [5.41, 5.74) is 2.60. The fourth-order valence-electron chi connectivity index (χ4n) is 2.24. The fraction of sp³-hybridized carbons (Fsp3) is 0.300. The maximum absolute atomic E-state index is 5.86. The highest BCUT2D eigenvalue weighted by molar-refractivity contribution is 5.38. The average Bonchev–Trinajstić information content (AvgIpc) is 2.49. The molecule has 1 nitrogen and oxygen atoms in total. The van der Waals surface area contributed by atoms with E-state index in [0.717, 1.165) is 24.3 Å². The number of benzene rings is 2. The van der Waals surface area contributed by atoms with Crippen molar-refractivity contribution in [2.24, 2.45) is 5.92 Å². The van der Waals surface area contributed by atoms with E-state index in [0.29, 0.717) is 5.92 Å². The molecule has 0 aliphatic rings. The van der Waals surface area contributed by atoms with E-state index in [-0.39, 0.29) is 0 Å². The third kappa shape index (κ3) is 4.68. The normalized spacial score (nSPS) is 11.4. The average molecular weight is 278 g/mol. The predicted octanol–water partition coefficient (Wildman–Crippen LogP) is 5.38. The molecule has 0 aliphatic heterocycles. The van der Waals surface area contributed by atoms with Gasteiger partial charge in [-0.15, -0.1) is 5.92 Å². The van der Waals surface area contributed by atoms with E-state index in [1.807, 2.05) is 36.4 Å². The summed E-state index contributed by atoms with van der Waals surface area (Å²) in [5.74, 6) is 8.58. The molecule has 0 radical (unpaired) electrons. The number of para-hydroxylation sites is 1. The van der Waals surface area contributed by atoms with Crippen LogP contribution >= 0.6 is 0 Å². The molecule has 0 N–H and O–H groups in total. The molecule has 0 spiro atoms. The second-order valence-electron chi connectivity index (χ2n) is 5.28. The highest BCUT2D eigenvalue weighted by Gasteiger charge is 2.05. The lowest BCUT2D eigenvalue weighted by molar-refractivity contribution is 0.482. The van der Waals surface area contributed by atoms with Crippen molar-refractivity contribution in [2.75, 3.05) is 0 Å². The van der Waals surface area contributed by atoms with Gasteiger partial charge in [0.2, 0.25) is 0 Å². The molecule has 1 unspecified atom stereocenters. The van der Waals surface area contributed by atoms with Crippen molar-refractivity contribution in [3.63, 3.8) is 0 Å². The summed E-state index contributed by atoms with van der Waals surface area (Å²) in [7, 11) is 0. The first-order chi connectivity index (χ1) is 10.2. The molecule has 0 amide bonds. The molecule has 108 valence electrons. The minimum absolute atomic E-state index is 0.393. The van der Waals surface area contributed by atoms with E-state index in [4.69, 9.17) is 4.74 Å². The Balaban J connectivity index is 2.07. The van der Waals surface area contributed by atoms with Crippen molar-refractivity contribution in [1.29, 1.82) is 0 Å². The van der Waals surface area contributed by atoms with Crippen LogP contribution in [-0.4, -0.2) is 0 Å². The minimum Gasteiger partial charge on any atom is -0.457 e. The summed E-state index contributed by atoms with van der Waals surface area (Å²) in [5, 5.41) is 0. The number of hydrogen-bond donors (Lipinski definition) is 0. The molecular formula is C20H22O. The van der Waals surface area contributed by atoms with E-state index < -0.39 is 0 Å². The van der Waals surface area contributed by atoms with Gasteiger partial charge in [-0.05, 0) is 48.7 Å². The Bertz CT molecular complexity index is 632. The van der Waals surface area contributed by atoms with Crippen LogP contribution < -0.4 is 4.74 Å². The van der Waals surface area contributed by atoms with Crippen LogP contribution in [0.4, 0.5) is 0 Å². The van der Waals surface area contributed by atoms with Crippen LogP contribution in [0.5, 0.6) is 11.5 Å².